The monoisotopic (exact) mass is 312 g/mol. The van der Waals surface area contributed by atoms with Crippen LogP contribution in [0.5, 0.6) is 17.2 Å². The van der Waals surface area contributed by atoms with E-state index in [9.17, 15) is 0 Å². The molecule has 0 saturated heterocycles. The Morgan fingerprint density at radius 2 is 1.35 bits per heavy atom. The maximum Gasteiger partial charge on any atom is 0.203 e. The quantitative estimate of drug-likeness (QED) is 0.685. The second-order valence-electron chi connectivity index (χ2n) is 5.28. The van der Waals surface area contributed by atoms with Gasteiger partial charge in [0, 0.05) is 0 Å². The van der Waals surface area contributed by atoms with Crippen molar-refractivity contribution in [3.8, 4) is 17.2 Å². The molecule has 23 heavy (non-hydrogen) atoms. The highest BCUT2D eigenvalue weighted by Gasteiger charge is 2.11. The van der Waals surface area contributed by atoms with Gasteiger partial charge in [0.1, 0.15) is 0 Å². The number of methoxy groups -OCH3 is 3. The van der Waals surface area contributed by atoms with Crippen LogP contribution in [-0.4, -0.2) is 21.3 Å². The van der Waals surface area contributed by atoms with Gasteiger partial charge in [-0.3, -0.25) is 0 Å². The van der Waals surface area contributed by atoms with E-state index in [4.69, 9.17) is 14.2 Å². The van der Waals surface area contributed by atoms with E-state index in [2.05, 4.69) is 37.3 Å². The minimum atomic E-state index is 0.607. The van der Waals surface area contributed by atoms with Gasteiger partial charge in [0.2, 0.25) is 5.75 Å². The molecule has 0 atom stereocenters. The zero-order chi connectivity index (χ0) is 16.7. The van der Waals surface area contributed by atoms with Gasteiger partial charge in [-0.05, 0) is 35.2 Å². The first-order chi connectivity index (χ1) is 11.2. The summed E-state index contributed by atoms with van der Waals surface area (Å²) in [5.74, 6) is 1.92. The Balaban J connectivity index is 2.24. The normalized spacial score (nSPS) is 10.8. The number of hydrogen-bond donors (Lipinski definition) is 0. The number of ether oxygens (including phenoxy) is 3. The largest absolute Gasteiger partial charge is 0.493 e. The summed E-state index contributed by atoms with van der Waals surface area (Å²) in [6, 6.07) is 12.5. The third-order valence-corrected chi connectivity index (χ3v) is 3.67. The highest BCUT2D eigenvalue weighted by atomic mass is 16.5. The molecular formula is C20H24O3. The van der Waals surface area contributed by atoms with Crippen LogP contribution >= 0.6 is 0 Å². The fourth-order valence-electron chi connectivity index (χ4n) is 2.47. The lowest BCUT2D eigenvalue weighted by Gasteiger charge is -2.12. The van der Waals surface area contributed by atoms with E-state index in [1.54, 1.807) is 21.3 Å². The number of hydrogen-bond acceptors (Lipinski definition) is 3. The standard InChI is InChI=1S/C20H24O3/c1-5-6-15-7-9-16(10-8-15)11-12-17-13-18(21-2)20(23-4)19(14-17)22-3/h7-14H,5-6H2,1-4H3/b12-11-. The van der Waals surface area contributed by atoms with Crippen molar-refractivity contribution in [2.45, 2.75) is 19.8 Å². The highest BCUT2D eigenvalue weighted by molar-refractivity contribution is 5.72. The number of benzene rings is 2. The fourth-order valence-corrected chi connectivity index (χ4v) is 2.47. The van der Waals surface area contributed by atoms with E-state index in [0.29, 0.717) is 17.2 Å². The Bertz CT molecular complexity index is 632. The van der Waals surface area contributed by atoms with E-state index in [1.165, 1.54) is 17.5 Å². The maximum atomic E-state index is 5.38. The molecule has 0 radical (unpaired) electrons. The predicted octanol–water partition coefficient (Wildman–Crippen LogP) is 4.84. The van der Waals surface area contributed by atoms with Crippen molar-refractivity contribution in [3.05, 3.63) is 53.1 Å². The van der Waals surface area contributed by atoms with Gasteiger partial charge >= 0.3 is 0 Å². The van der Waals surface area contributed by atoms with Gasteiger partial charge in [-0.15, -0.1) is 0 Å². The van der Waals surface area contributed by atoms with Crippen molar-refractivity contribution in [2.24, 2.45) is 0 Å². The van der Waals surface area contributed by atoms with Crippen LogP contribution in [0.1, 0.15) is 30.0 Å². The smallest absolute Gasteiger partial charge is 0.203 e. The lowest BCUT2D eigenvalue weighted by molar-refractivity contribution is 0.324. The van der Waals surface area contributed by atoms with Gasteiger partial charge in [-0.2, -0.15) is 0 Å². The molecule has 122 valence electrons. The first kappa shape index (κ1) is 16.9. The molecule has 0 bridgehead atoms. The Hall–Kier alpha value is -2.42. The molecular weight excluding hydrogens is 288 g/mol. The predicted molar refractivity (Wildman–Crippen MR) is 95.5 cm³/mol. The SMILES string of the molecule is CCCc1ccc(/C=C\c2cc(OC)c(OC)c(OC)c2)cc1. The van der Waals surface area contributed by atoms with Crippen LogP contribution in [0.25, 0.3) is 12.2 Å². The zero-order valence-corrected chi connectivity index (χ0v) is 14.3. The van der Waals surface area contributed by atoms with Crippen molar-refractivity contribution in [2.75, 3.05) is 21.3 Å². The molecule has 0 aliphatic carbocycles. The summed E-state index contributed by atoms with van der Waals surface area (Å²) < 4.78 is 16.1. The molecule has 2 rings (SSSR count). The van der Waals surface area contributed by atoms with E-state index >= 15 is 0 Å². The number of rotatable bonds is 7. The van der Waals surface area contributed by atoms with Gasteiger partial charge in [-0.25, -0.2) is 0 Å². The van der Waals surface area contributed by atoms with Crippen molar-refractivity contribution >= 4 is 12.2 Å². The summed E-state index contributed by atoms with van der Waals surface area (Å²) in [5.41, 5.74) is 3.54. The molecule has 0 N–H and O–H groups in total. The first-order valence-corrected chi connectivity index (χ1v) is 7.78. The molecule has 2 aromatic rings. The van der Waals surface area contributed by atoms with Gasteiger partial charge in [-0.1, -0.05) is 49.8 Å². The summed E-state index contributed by atoms with van der Waals surface area (Å²) in [4.78, 5) is 0. The van der Waals surface area contributed by atoms with Crippen LogP contribution in [0.2, 0.25) is 0 Å². The summed E-state index contributed by atoms with van der Waals surface area (Å²) >= 11 is 0. The Labute approximate surface area is 138 Å². The third kappa shape index (κ3) is 4.28. The molecule has 0 aromatic heterocycles. The van der Waals surface area contributed by atoms with Crippen LogP contribution in [-0.2, 0) is 6.42 Å². The summed E-state index contributed by atoms with van der Waals surface area (Å²) in [6.45, 7) is 2.19. The minimum Gasteiger partial charge on any atom is -0.493 e. The molecule has 3 nitrogen and oxygen atoms in total. The van der Waals surface area contributed by atoms with E-state index in [1.807, 2.05) is 18.2 Å². The topological polar surface area (TPSA) is 27.7 Å². The second kappa shape index (κ2) is 8.28. The van der Waals surface area contributed by atoms with Gasteiger partial charge in [0.05, 0.1) is 21.3 Å². The summed E-state index contributed by atoms with van der Waals surface area (Å²) in [5, 5.41) is 0. The van der Waals surface area contributed by atoms with E-state index < -0.39 is 0 Å². The van der Waals surface area contributed by atoms with Gasteiger partial charge < -0.3 is 14.2 Å². The Kier molecular flexibility index (Phi) is 6.10. The molecule has 0 unspecified atom stereocenters. The lowest BCUT2D eigenvalue weighted by Crippen LogP contribution is -1.95. The summed E-state index contributed by atoms with van der Waals surface area (Å²) in [7, 11) is 4.85. The second-order valence-corrected chi connectivity index (χ2v) is 5.28. The molecule has 0 aliphatic heterocycles. The Morgan fingerprint density at radius 1 is 0.783 bits per heavy atom. The van der Waals surface area contributed by atoms with Crippen molar-refractivity contribution in [1.82, 2.24) is 0 Å². The fraction of sp³-hybridized carbons (Fsp3) is 0.300. The molecule has 2 aromatic carbocycles. The third-order valence-electron chi connectivity index (χ3n) is 3.67. The van der Waals surface area contributed by atoms with Gasteiger partial charge in [0.25, 0.3) is 0 Å². The molecule has 0 spiro atoms. The van der Waals surface area contributed by atoms with Gasteiger partial charge in [0.15, 0.2) is 11.5 Å². The van der Waals surface area contributed by atoms with Crippen molar-refractivity contribution < 1.29 is 14.2 Å². The summed E-state index contributed by atoms with van der Waals surface area (Å²) in [6.07, 6.45) is 6.41. The lowest BCUT2D eigenvalue weighted by atomic mass is 10.1. The van der Waals surface area contributed by atoms with Crippen molar-refractivity contribution in [1.29, 1.82) is 0 Å². The zero-order valence-electron chi connectivity index (χ0n) is 14.3. The molecule has 0 saturated carbocycles. The molecule has 0 fully saturated rings. The first-order valence-electron chi connectivity index (χ1n) is 7.78. The molecule has 0 heterocycles. The average molecular weight is 312 g/mol. The molecule has 0 aliphatic rings. The molecule has 0 amide bonds. The van der Waals surface area contributed by atoms with Crippen LogP contribution in [0.4, 0.5) is 0 Å². The highest BCUT2D eigenvalue weighted by Crippen LogP contribution is 2.38. The minimum absolute atomic E-state index is 0.607. The average Bonchev–Trinajstić information content (AvgIpc) is 2.60. The van der Waals surface area contributed by atoms with Crippen LogP contribution in [0.3, 0.4) is 0 Å². The van der Waals surface area contributed by atoms with Crippen molar-refractivity contribution in [3.63, 3.8) is 0 Å². The number of aryl methyl sites for hydroxylation is 1. The van der Waals surface area contributed by atoms with Crippen LogP contribution < -0.4 is 14.2 Å². The Morgan fingerprint density at radius 3 is 1.83 bits per heavy atom. The van der Waals surface area contributed by atoms with Crippen LogP contribution in [0, 0.1) is 0 Å². The van der Waals surface area contributed by atoms with Crippen LogP contribution in [0.15, 0.2) is 36.4 Å². The van der Waals surface area contributed by atoms with E-state index in [0.717, 1.165) is 12.0 Å². The van der Waals surface area contributed by atoms with E-state index in [-0.39, 0.29) is 0 Å². The maximum absolute atomic E-state index is 5.38. The molecule has 3 heteroatoms.